The van der Waals surface area contributed by atoms with Crippen molar-refractivity contribution >= 4 is 46.2 Å². The lowest BCUT2D eigenvalue weighted by Gasteiger charge is -2.18. The van der Waals surface area contributed by atoms with Crippen molar-refractivity contribution in [3.05, 3.63) is 99.5 Å². The Balaban J connectivity index is 1.28. The van der Waals surface area contributed by atoms with Crippen molar-refractivity contribution < 1.29 is 48.9 Å². The van der Waals surface area contributed by atoms with Crippen molar-refractivity contribution in [2.75, 3.05) is 26.4 Å². The Bertz CT molecular complexity index is 1990. The standard InChI is InChI=1S/C36H36Cl2N4O10/c37-27-14-24(16-40-31(18-44)36(47)48)32(50-19-21-8-9-28-29(12-21)42-52-41-28)15-33(27)51-20-23-5-2-7-26(34(23)38)22-4-1-6-25(13-22)49-11-3-10-39-30(17-43)35(45)46/h1-2,4-9,12-15,30-31,39-40,43-44H,3,10-11,16-20H2,(H,45,46)(H,47,48)/t30-,31-/m1/s1. The van der Waals surface area contributed by atoms with Gasteiger partial charge in [-0.15, -0.1) is 0 Å². The minimum atomic E-state index is -1.20. The molecule has 0 aliphatic carbocycles. The zero-order chi connectivity index (χ0) is 37.0. The first-order chi connectivity index (χ1) is 25.2. The fourth-order valence-corrected chi connectivity index (χ4v) is 5.62. The number of rotatable bonds is 20. The van der Waals surface area contributed by atoms with Crippen LogP contribution in [0, 0.1) is 0 Å². The third-order valence-corrected chi connectivity index (χ3v) is 8.66. The molecule has 0 saturated heterocycles. The highest BCUT2D eigenvalue weighted by atomic mass is 35.5. The van der Waals surface area contributed by atoms with Gasteiger partial charge in [0.05, 0.1) is 29.9 Å². The summed E-state index contributed by atoms with van der Waals surface area (Å²) in [7, 11) is 0. The fourth-order valence-electron chi connectivity index (χ4n) is 5.09. The van der Waals surface area contributed by atoms with Crippen molar-refractivity contribution in [3.63, 3.8) is 0 Å². The predicted molar refractivity (Wildman–Crippen MR) is 191 cm³/mol. The van der Waals surface area contributed by atoms with Crippen molar-refractivity contribution in [1.29, 1.82) is 0 Å². The maximum absolute atomic E-state index is 11.5. The molecule has 0 bridgehead atoms. The second-order valence-electron chi connectivity index (χ2n) is 11.5. The molecule has 0 spiro atoms. The number of aliphatic hydroxyl groups is 2. The first-order valence-corrected chi connectivity index (χ1v) is 16.9. The maximum Gasteiger partial charge on any atom is 0.323 e. The van der Waals surface area contributed by atoms with Crippen LogP contribution in [-0.4, -0.2) is 81.1 Å². The smallest absolute Gasteiger partial charge is 0.323 e. The second-order valence-corrected chi connectivity index (χ2v) is 12.3. The van der Waals surface area contributed by atoms with Crippen molar-refractivity contribution in [2.24, 2.45) is 0 Å². The molecule has 0 saturated carbocycles. The average molecular weight is 756 g/mol. The van der Waals surface area contributed by atoms with Crippen LogP contribution in [0.25, 0.3) is 22.2 Å². The summed E-state index contributed by atoms with van der Waals surface area (Å²) in [5, 5.41) is 51.0. The molecular formula is C36H36Cl2N4O10. The molecule has 0 unspecified atom stereocenters. The highest BCUT2D eigenvalue weighted by Crippen LogP contribution is 2.36. The molecule has 14 nitrogen and oxygen atoms in total. The molecule has 0 aliphatic rings. The summed E-state index contributed by atoms with van der Waals surface area (Å²) in [6, 6.07) is 19.3. The number of hydrogen-bond acceptors (Lipinski definition) is 12. The largest absolute Gasteiger partial charge is 0.494 e. The third kappa shape index (κ3) is 10.1. The van der Waals surface area contributed by atoms with Crippen LogP contribution < -0.4 is 24.8 Å². The quantitative estimate of drug-likeness (QED) is 0.0597. The average Bonchev–Trinajstić information content (AvgIpc) is 3.61. The van der Waals surface area contributed by atoms with Crippen LogP contribution in [0.3, 0.4) is 0 Å². The molecule has 16 heteroatoms. The van der Waals surface area contributed by atoms with Gasteiger partial charge in [0, 0.05) is 29.3 Å². The number of nitrogens with one attached hydrogen (secondary N) is 2. The van der Waals surface area contributed by atoms with Crippen molar-refractivity contribution in [3.8, 4) is 28.4 Å². The van der Waals surface area contributed by atoms with E-state index in [0.717, 1.165) is 16.7 Å². The third-order valence-electron chi connectivity index (χ3n) is 7.92. The Hall–Kier alpha value is -4.96. The number of aliphatic hydroxyl groups excluding tert-OH is 2. The van der Waals surface area contributed by atoms with Crippen LogP contribution in [0.5, 0.6) is 17.2 Å². The van der Waals surface area contributed by atoms with Crippen LogP contribution in [0.1, 0.15) is 23.1 Å². The number of carboxylic acids is 2. The molecule has 5 aromatic rings. The Morgan fingerprint density at radius 2 is 1.50 bits per heavy atom. The van der Waals surface area contributed by atoms with Gasteiger partial charge >= 0.3 is 11.9 Å². The van der Waals surface area contributed by atoms with E-state index >= 15 is 0 Å². The summed E-state index contributed by atoms with van der Waals surface area (Å²) in [5.41, 5.74) is 4.71. The number of aromatic nitrogens is 2. The normalized spacial score (nSPS) is 12.4. The minimum absolute atomic E-state index is 0.0293. The zero-order valence-electron chi connectivity index (χ0n) is 27.6. The van der Waals surface area contributed by atoms with Crippen LogP contribution in [0.4, 0.5) is 0 Å². The number of ether oxygens (including phenoxy) is 3. The van der Waals surface area contributed by atoms with E-state index in [1.54, 1.807) is 24.3 Å². The molecule has 2 atom stereocenters. The summed E-state index contributed by atoms with van der Waals surface area (Å²) >= 11 is 13.5. The van der Waals surface area contributed by atoms with Crippen molar-refractivity contribution in [2.45, 2.75) is 38.3 Å². The number of fused-ring (bicyclic) bond motifs is 1. The van der Waals surface area contributed by atoms with E-state index < -0.39 is 37.2 Å². The Kier molecular flexibility index (Phi) is 13.6. The summed E-state index contributed by atoms with van der Waals surface area (Å²) in [6.07, 6.45) is 0.524. The molecule has 5 rings (SSSR count). The van der Waals surface area contributed by atoms with E-state index in [4.69, 9.17) is 52.3 Å². The summed E-state index contributed by atoms with van der Waals surface area (Å²) in [6.45, 7) is -0.214. The number of benzene rings is 4. The predicted octanol–water partition coefficient (Wildman–Crippen LogP) is 4.69. The van der Waals surface area contributed by atoms with E-state index in [-0.39, 0.29) is 24.8 Å². The van der Waals surface area contributed by atoms with Gasteiger partial charge in [-0.3, -0.25) is 14.9 Å². The molecule has 4 aromatic carbocycles. The molecule has 6 N–H and O–H groups in total. The van der Waals surface area contributed by atoms with Gasteiger partial charge in [0.2, 0.25) is 0 Å². The van der Waals surface area contributed by atoms with Gasteiger partial charge in [0.15, 0.2) is 0 Å². The molecule has 52 heavy (non-hydrogen) atoms. The van der Waals surface area contributed by atoms with E-state index in [1.807, 2.05) is 48.5 Å². The van der Waals surface area contributed by atoms with Gasteiger partial charge in [-0.25, -0.2) is 4.63 Å². The molecule has 1 heterocycles. The number of hydrogen-bond donors (Lipinski definition) is 6. The summed E-state index contributed by atoms with van der Waals surface area (Å²) in [5.74, 6) is -1.05. The van der Waals surface area contributed by atoms with Gasteiger partial charge < -0.3 is 40.0 Å². The lowest BCUT2D eigenvalue weighted by molar-refractivity contribution is -0.141. The SMILES string of the molecule is O=C(O)[C@@H](CO)NCCCOc1cccc(-c2cccc(COc3cc(OCc4ccc5nonc5c4)c(CN[C@H](CO)C(=O)O)cc3Cl)c2Cl)c1. The molecule has 1 aromatic heterocycles. The number of carboxylic acid groups (broad SMARTS) is 2. The van der Waals surface area contributed by atoms with Crippen LogP contribution in [0.2, 0.25) is 10.0 Å². The molecule has 0 fully saturated rings. The number of halogens is 2. The van der Waals surface area contributed by atoms with Gasteiger partial charge in [0.1, 0.15) is 53.6 Å². The van der Waals surface area contributed by atoms with Crippen LogP contribution in [0.15, 0.2) is 77.4 Å². The van der Waals surface area contributed by atoms with Gasteiger partial charge in [-0.05, 0) is 64.7 Å². The van der Waals surface area contributed by atoms with E-state index in [1.165, 1.54) is 0 Å². The summed E-state index contributed by atoms with van der Waals surface area (Å²) < 4.78 is 22.9. The maximum atomic E-state index is 11.5. The second kappa shape index (κ2) is 18.5. The lowest BCUT2D eigenvalue weighted by Crippen LogP contribution is -2.40. The fraction of sp³-hybridized carbons (Fsp3) is 0.278. The summed E-state index contributed by atoms with van der Waals surface area (Å²) in [4.78, 5) is 22.5. The Morgan fingerprint density at radius 1 is 0.769 bits per heavy atom. The monoisotopic (exact) mass is 754 g/mol. The van der Waals surface area contributed by atoms with Gasteiger partial charge in [0.25, 0.3) is 0 Å². The number of carbonyl (C=O) groups is 2. The molecular weight excluding hydrogens is 719 g/mol. The molecule has 0 radical (unpaired) electrons. The van der Waals surface area contributed by atoms with E-state index in [9.17, 15) is 19.8 Å². The van der Waals surface area contributed by atoms with Gasteiger partial charge in [-0.2, -0.15) is 0 Å². The number of nitrogens with zero attached hydrogens (tertiary/aromatic N) is 2. The van der Waals surface area contributed by atoms with E-state index in [0.29, 0.717) is 64.0 Å². The molecule has 274 valence electrons. The Labute approximate surface area is 307 Å². The minimum Gasteiger partial charge on any atom is -0.494 e. The first kappa shape index (κ1) is 38.3. The molecule has 0 amide bonds. The first-order valence-electron chi connectivity index (χ1n) is 16.1. The zero-order valence-corrected chi connectivity index (χ0v) is 29.1. The van der Waals surface area contributed by atoms with Crippen molar-refractivity contribution in [1.82, 2.24) is 20.9 Å². The van der Waals surface area contributed by atoms with Crippen LogP contribution in [-0.2, 0) is 29.3 Å². The van der Waals surface area contributed by atoms with Crippen LogP contribution >= 0.6 is 23.2 Å². The van der Waals surface area contributed by atoms with Gasteiger partial charge in [-0.1, -0.05) is 59.6 Å². The van der Waals surface area contributed by atoms with E-state index in [2.05, 4.69) is 20.9 Å². The lowest BCUT2D eigenvalue weighted by atomic mass is 10.0. The Morgan fingerprint density at radius 3 is 2.27 bits per heavy atom. The number of aliphatic carboxylic acids is 2. The topological polar surface area (TPSA) is 206 Å². The highest BCUT2D eigenvalue weighted by Gasteiger charge is 2.19. The highest BCUT2D eigenvalue weighted by molar-refractivity contribution is 6.34. The molecule has 0 aliphatic heterocycles.